The Morgan fingerprint density at radius 1 is 1.07 bits per heavy atom. The highest BCUT2D eigenvalue weighted by Gasteiger charge is 2.31. The number of hydrogen-bond acceptors (Lipinski definition) is 4. The van der Waals surface area contributed by atoms with Crippen molar-refractivity contribution >= 4 is 34.1 Å². The molecule has 2 aliphatic rings. The Kier molecular flexibility index (Phi) is 4.38. The summed E-state index contributed by atoms with van der Waals surface area (Å²) in [6.07, 6.45) is 1.30. The molecule has 0 unspecified atom stereocenters. The molecule has 2 aromatic carbocycles. The number of aryl methyl sites for hydroxylation is 2. The van der Waals surface area contributed by atoms with Crippen LogP contribution in [0.2, 0.25) is 0 Å². The fourth-order valence-corrected chi connectivity index (χ4v) is 4.27. The number of carbonyl (C=O) groups is 2. The normalized spacial score (nSPS) is 15.7. The largest absolute Gasteiger partial charge is 0.486 e. The Balaban J connectivity index is 1.58. The van der Waals surface area contributed by atoms with Gasteiger partial charge in [0.2, 0.25) is 5.91 Å². The highest BCUT2D eigenvalue weighted by Crippen LogP contribution is 2.38. The lowest BCUT2D eigenvalue weighted by atomic mass is 10.1. The summed E-state index contributed by atoms with van der Waals surface area (Å²) in [6.45, 7) is 3.63. The van der Waals surface area contributed by atoms with Crippen LogP contribution in [-0.4, -0.2) is 36.1 Å². The molecule has 0 atom stereocenters. The van der Waals surface area contributed by atoms with E-state index in [-0.39, 0.29) is 11.8 Å². The van der Waals surface area contributed by atoms with Gasteiger partial charge in [-0.05, 0) is 37.6 Å². The minimum atomic E-state index is -0.266. The van der Waals surface area contributed by atoms with Crippen molar-refractivity contribution in [2.24, 2.45) is 7.05 Å². The number of anilines is 2. The first-order valence-corrected chi connectivity index (χ1v) is 10.1. The Hall–Kier alpha value is -3.48. The number of nitrogens with one attached hydrogen (secondary N) is 1. The molecule has 30 heavy (non-hydrogen) atoms. The molecule has 1 fully saturated rings. The molecule has 2 aliphatic heterocycles. The van der Waals surface area contributed by atoms with Crippen molar-refractivity contribution in [3.8, 4) is 11.5 Å². The van der Waals surface area contributed by atoms with Crippen LogP contribution in [0.25, 0.3) is 10.9 Å². The smallest absolute Gasteiger partial charge is 0.274 e. The second-order valence-corrected chi connectivity index (χ2v) is 7.74. The summed E-state index contributed by atoms with van der Waals surface area (Å²) in [5.41, 5.74) is 3.78. The predicted molar refractivity (Wildman–Crippen MR) is 115 cm³/mol. The van der Waals surface area contributed by atoms with E-state index in [2.05, 4.69) is 5.32 Å². The number of benzene rings is 2. The molecule has 7 heteroatoms. The zero-order valence-electron chi connectivity index (χ0n) is 17.0. The minimum Gasteiger partial charge on any atom is -0.486 e. The summed E-state index contributed by atoms with van der Waals surface area (Å²) in [5.74, 6) is 1.07. The van der Waals surface area contributed by atoms with Gasteiger partial charge in [0.05, 0.1) is 11.2 Å². The molecule has 154 valence electrons. The summed E-state index contributed by atoms with van der Waals surface area (Å²) in [7, 11) is 1.86. The van der Waals surface area contributed by atoms with Gasteiger partial charge in [-0.3, -0.25) is 9.59 Å². The van der Waals surface area contributed by atoms with E-state index in [1.165, 1.54) is 0 Å². The van der Waals surface area contributed by atoms with E-state index in [1.807, 2.05) is 36.7 Å². The van der Waals surface area contributed by atoms with Gasteiger partial charge in [-0.25, -0.2) is 0 Å². The molecule has 0 spiro atoms. The molecule has 1 N–H and O–H groups in total. The molecule has 1 aromatic heterocycles. The van der Waals surface area contributed by atoms with Crippen molar-refractivity contribution in [1.29, 1.82) is 0 Å². The SMILES string of the molecule is Cc1ccc2c(c1)c(N1CCCC1=O)c(C(=O)Nc1ccc3c(c1)OCCO3)n2C. The van der Waals surface area contributed by atoms with Crippen molar-refractivity contribution in [3.05, 3.63) is 47.7 Å². The fourth-order valence-electron chi connectivity index (χ4n) is 4.27. The second-order valence-electron chi connectivity index (χ2n) is 7.74. The lowest BCUT2D eigenvalue weighted by Crippen LogP contribution is -2.27. The average Bonchev–Trinajstić information content (AvgIpc) is 3.28. The van der Waals surface area contributed by atoms with E-state index in [4.69, 9.17) is 9.47 Å². The molecule has 7 nitrogen and oxygen atoms in total. The van der Waals surface area contributed by atoms with Crippen LogP contribution in [0.3, 0.4) is 0 Å². The summed E-state index contributed by atoms with van der Waals surface area (Å²) in [6, 6.07) is 11.4. The Labute approximate surface area is 174 Å². The van der Waals surface area contributed by atoms with Crippen LogP contribution in [0.15, 0.2) is 36.4 Å². The van der Waals surface area contributed by atoms with E-state index in [0.29, 0.717) is 54.7 Å². The summed E-state index contributed by atoms with van der Waals surface area (Å²) in [4.78, 5) is 27.7. The lowest BCUT2D eigenvalue weighted by molar-refractivity contribution is -0.117. The highest BCUT2D eigenvalue weighted by molar-refractivity contribution is 6.17. The van der Waals surface area contributed by atoms with Crippen LogP contribution in [0, 0.1) is 6.92 Å². The quantitative estimate of drug-likeness (QED) is 0.722. The maximum atomic E-state index is 13.4. The van der Waals surface area contributed by atoms with Crippen LogP contribution in [0.4, 0.5) is 11.4 Å². The Morgan fingerprint density at radius 2 is 1.87 bits per heavy atom. The van der Waals surface area contributed by atoms with Crippen molar-refractivity contribution in [2.75, 3.05) is 30.0 Å². The Bertz CT molecular complexity index is 1180. The van der Waals surface area contributed by atoms with E-state index >= 15 is 0 Å². The van der Waals surface area contributed by atoms with Crippen molar-refractivity contribution in [2.45, 2.75) is 19.8 Å². The monoisotopic (exact) mass is 405 g/mol. The highest BCUT2D eigenvalue weighted by atomic mass is 16.6. The van der Waals surface area contributed by atoms with E-state index < -0.39 is 0 Å². The van der Waals surface area contributed by atoms with Crippen LogP contribution in [-0.2, 0) is 11.8 Å². The van der Waals surface area contributed by atoms with Gasteiger partial charge in [-0.1, -0.05) is 11.6 Å². The topological polar surface area (TPSA) is 72.8 Å². The predicted octanol–water partition coefficient (Wildman–Crippen LogP) is 3.64. The van der Waals surface area contributed by atoms with Gasteiger partial charge in [0.25, 0.3) is 5.91 Å². The molecule has 2 amide bonds. The number of fused-ring (bicyclic) bond motifs is 2. The van der Waals surface area contributed by atoms with Crippen molar-refractivity contribution < 1.29 is 19.1 Å². The number of nitrogens with zero attached hydrogens (tertiary/aromatic N) is 2. The zero-order valence-corrected chi connectivity index (χ0v) is 17.0. The third kappa shape index (κ3) is 2.98. The number of amides is 2. The third-order valence-electron chi connectivity index (χ3n) is 5.69. The van der Waals surface area contributed by atoms with E-state index in [0.717, 1.165) is 22.9 Å². The number of carbonyl (C=O) groups excluding carboxylic acids is 2. The molecule has 0 radical (unpaired) electrons. The molecule has 1 saturated heterocycles. The van der Waals surface area contributed by atoms with Crippen LogP contribution >= 0.6 is 0 Å². The number of ether oxygens (including phenoxy) is 2. The Morgan fingerprint density at radius 3 is 2.63 bits per heavy atom. The first-order valence-electron chi connectivity index (χ1n) is 10.1. The maximum Gasteiger partial charge on any atom is 0.274 e. The van der Waals surface area contributed by atoms with Gasteiger partial charge in [0, 0.05) is 37.2 Å². The molecule has 3 aromatic rings. The minimum absolute atomic E-state index is 0.0531. The zero-order chi connectivity index (χ0) is 20.8. The molecule has 0 aliphatic carbocycles. The molecule has 0 saturated carbocycles. The molecule has 3 heterocycles. The molecule has 0 bridgehead atoms. The van der Waals surface area contributed by atoms with Gasteiger partial charge in [0.1, 0.15) is 18.9 Å². The lowest BCUT2D eigenvalue weighted by Gasteiger charge is -2.20. The second kappa shape index (κ2) is 7.09. The van der Waals surface area contributed by atoms with Gasteiger partial charge in [-0.15, -0.1) is 0 Å². The van der Waals surface area contributed by atoms with E-state index in [9.17, 15) is 9.59 Å². The average molecular weight is 405 g/mol. The molecular formula is C23H23N3O4. The van der Waals surface area contributed by atoms with Gasteiger partial charge < -0.3 is 24.3 Å². The first-order chi connectivity index (χ1) is 14.5. The van der Waals surface area contributed by atoms with Crippen LogP contribution in [0.5, 0.6) is 11.5 Å². The van der Waals surface area contributed by atoms with Crippen molar-refractivity contribution in [3.63, 3.8) is 0 Å². The maximum absolute atomic E-state index is 13.4. The fraction of sp³-hybridized carbons (Fsp3) is 0.304. The standard InChI is InChI=1S/C23H23N3O4/c1-14-5-7-17-16(12-14)21(26-9-3-4-20(26)27)22(25(17)2)23(28)24-15-6-8-18-19(13-15)30-11-10-29-18/h5-8,12-13H,3-4,9-11H2,1-2H3,(H,24,28). The van der Waals surface area contributed by atoms with Gasteiger partial charge in [0.15, 0.2) is 11.5 Å². The summed E-state index contributed by atoms with van der Waals surface area (Å²) >= 11 is 0. The van der Waals surface area contributed by atoms with Crippen molar-refractivity contribution in [1.82, 2.24) is 4.57 Å². The molecule has 5 rings (SSSR count). The third-order valence-corrected chi connectivity index (χ3v) is 5.69. The van der Waals surface area contributed by atoms with Crippen LogP contribution in [0.1, 0.15) is 28.9 Å². The number of hydrogen-bond donors (Lipinski definition) is 1. The summed E-state index contributed by atoms with van der Waals surface area (Å²) < 4.78 is 13.0. The summed E-state index contributed by atoms with van der Waals surface area (Å²) in [5, 5.41) is 3.89. The molecular weight excluding hydrogens is 382 g/mol. The first kappa shape index (κ1) is 18.5. The van der Waals surface area contributed by atoms with Crippen LogP contribution < -0.4 is 19.7 Å². The van der Waals surface area contributed by atoms with Gasteiger partial charge in [-0.2, -0.15) is 0 Å². The number of aromatic nitrogens is 1. The van der Waals surface area contributed by atoms with Gasteiger partial charge >= 0.3 is 0 Å². The van der Waals surface area contributed by atoms with E-state index in [1.54, 1.807) is 23.1 Å². The number of rotatable bonds is 3.